The van der Waals surface area contributed by atoms with Crippen LogP contribution in [0.3, 0.4) is 0 Å². The summed E-state index contributed by atoms with van der Waals surface area (Å²) in [6.07, 6.45) is 1.43. The number of hydrogen-bond acceptors (Lipinski definition) is 3. The van der Waals surface area contributed by atoms with Crippen LogP contribution < -0.4 is 5.56 Å². The highest BCUT2D eigenvalue weighted by atomic mass is 32.1. The summed E-state index contributed by atoms with van der Waals surface area (Å²) < 4.78 is 1.72. The van der Waals surface area contributed by atoms with Crippen molar-refractivity contribution in [2.24, 2.45) is 0 Å². The van der Waals surface area contributed by atoms with Crippen LogP contribution in [0.25, 0.3) is 26.9 Å². The molecule has 3 aromatic rings. The number of aromatic nitrogens is 2. The van der Waals surface area contributed by atoms with E-state index in [1.165, 1.54) is 22.1 Å². The molecule has 0 fully saturated rings. The molecule has 94 valence electrons. The molecule has 0 saturated carbocycles. The fourth-order valence-electron chi connectivity index (χ4n) is 1.93. The Labute approximate surface area is 118 Å². The first kappa shape index (κ1) is 12.1. The van der Waals surface area contributed by atoms with Gasteiger partial charge < -0.3 is 4.98 Å². The standard InChI is InChI=1S/C14H10N2OS2/c1-2-16-13(17)10-8-11(9-6-4-3-5-7-9)19-12(10)15-14(16)18/h2-8H,1H2,(H,15,18). The number of benzene rings is 1. The lowest BCUT2D eigenvalue weighted by molar-refractivity contribution is 1.00. The molecule has 2 heterocycles. The molecule has 0 aliphatic carbocycles. The van der Waals surface area contributed by atoms with Gasteiger partial charge in [-0.25, -0.2) is 0 Å². The third-order valence-corrected chi connectivity index (χ3v) is 4.26. The summed E-state index contributed by atoms with van der Waals surface area (Å²) in [5, 5.41) is 0.636. The lowest BCUT2D eigenvalue weighted by Gasteiger charge is -1.97. The van der Waals surface area contributed by atoms with Gasteiger partial charge in [0, 0.05) is 11.1 Å². The van der Waals surface area contributed by atoms with Gasteiger partial charge in [0.15, 0.2) is 4.77 Å². The number of nitrogens with zero attached hydrogens (tertiary/aromatic N) is 1. The van der Waals surface area contributed by atoms with Crippen LogP contribution in [0.5, 0.6) is 0 Å². The lowest BCUT2D eigenvalue weighted by Crippen LogP contribution is -2.16. The van der Waals surface area contributed by atoms with Crippen LogP contribution in [0.1, 0.15) is 0 Å². The first-order valence-electron chi connectivity index (χ1n) is 5.67. The van der Waals surface area contributed by atoms with E-state index in [4.69, 9.17) is 12.2 Å². The second-order valence-corrected chi connectivity index (χ2v) is 5.45. The molecular formula is C14H10N2OS2. The summed E-state index contributed by atoms with van der Waals surface area (Å²) in [5.74, 6) is 0. The number of hydrogen-bond donors (Lipinski definition) is 1. The van der Waals surface area contributed by atoms with E-state index in [1.54, 1.807) is 0 Å². The Hall–Kier alpha value is -1.98. The van der Waals surface area contributed by atoms with Crippen LogP contribution in [-0.4, -0.2) is 9.55 Å². The average molecular weight is 286 g/mol. The molecule has 0 aliphatic heterocycles. The Balaban J connectivity index is 2.34. The smallest absolute Gasteiger partial charge is 0.267 e. The Bertz CT molecular complexity index is 872. The predicted octanol–water partition coefficient (Wildman–Crippen LogP) is 3.89. The van der Waals surface area contributed by atoms with Crippen molar-refractivity contribution in [2.75, 3.05) is 0 Å². The van der Waals surface area contributed by atoms with Crippen LogP contribution in [0, 0.1) is 4.77 Å². The molecule has 0 radical (unpaired) electrons. The van der Waals surface area contributed by atoms with Gasteiger partial charge in [-0.2, -0.15) is 0 Å². The monoisotopic (exact) mass is 286 g/mol. The zero-order valence-electron chi connectivity index (χ0n) is 9.92. The minimum atomic E-state index is -0.132. The number of thiophene rings is 1. The van der Waals surface area contributed by atoms with Crippen LogP contribution in [0.2, 0.25) is 0 Å². The molecule has 1 aromatic carbocycles. The van der Waals surface area contributed by atoms with Crippen molar-refractivity contribution in [3.63, 3.8) is 0 Å². The fraction of sp³-hybridized carbons (Fsp3) is 0. The number of rotatable bonds is 2. The Morgan fingerprint density at radius 3 is 2.74 bits per heavy atom. The minimum absolute atomic E-state index is 0.132. The molecule has 3 nitrogen and oxygen atoms in total. The van der Waals surface area contributed by atoms with E-state index in [9.17, 15) is 4.79 Å². The molecular weight excluding hydrogens is 276 g/mol. The van der Waals surface area contributed by atoms with E-state index in [2.05, 4.69) is 11.6 Å². The summed E-state index contributed by atoms with van der Waals surface area (Å²) in [6.45, 7) is 3.60. The maximum atomic E-state index is 12.2. The SMILES string of the molecule is C=Cn1c(=S)[nH]c2sc(-c3ccccc3)cc2c1=O. The Morgan fingerprint density at radius 2 is 2.05 bits per heavy atom. The summed E-state index contributed by atoms with van der Waals surface area (Å²) in [6, 6.07) is 11.8. The minimum Gasteiger partial charge on any atom is -0.323 e. The van der Waals surface area contributed by atoms with Crippen LogP contribution in [-0.2, 0) is 0 Å². The molecule has 0 amide bonds. The highest BCUT2D eigenvalue weighted by Crippen LogP contribution is 2.30. The van der Waals surface area contributed by atoms with E-state index in [-0.39, 0.29) is 5.56 Å². The van der Waals surface area contributed by atoms with Crippen molar-refractivity contribution in [3.05, 3.63) is 58.1 Å². The van der Waals surface area contributed by atoms with Gasteiger partial charge in [-0.3, -0.25) is 9.36 Å². The van der Waals surface area contributed by atoms with E-state index in [0.29, 0.717) is 10.2 Å². The van der Waals surface area contributed by atoms with Gasteiger partial charge in [-0.1, -0.05) is 36.9 Å². The summed E-state index contributed by atoms with van der Waals surface area (Å²) in [5.41, 5.74) is 0.958. The predicted molar refractivity (Wildman–Crippen MR) is 83.1 cm³/mol. The average Bonchev–Trinajstić information content (AvgIpc) is 2.84. The zero-order valence-corrected chi connectivity index (χ0v) is 11.6. The third kappa shape index (κ3) is 1.97. The molecule has 0 aliphatic rings. The normalized spacial score (nSPS) is 10.7. The van der Waals surface area contributed by atoms with Crippen LogP contribution >= 0.6 is 23.6 Å². The second-order valence-electron chi connectivity index (χ2n) is 4.01. The quantitative estimate of drug-likeness (QED) is 0.726. The van der Waals surface area contributed by atoms with Gasteiger partial charge in [0.25, 0.3) is 5.56 Å². The molecule has 0 atom stereocenters. The van der Waals surface area contributed by atoms with E-state index >= 15 is 0 Å². The van der Waals surface area contributed by atoms with Crippen LogP contribution in [0.15, 0.2) is 47.8 Å². The molecule has 0 spiro atoms. The van der Waals surface area contributed by atoms with Crippen molar-refractivity contribution in [1.82, 2.24) is 9.55 Å². The number of aromatic amines is 1. The second kappa shape index (κ2) is 4.60. The summed E-state index contributed by atoms with van der Waals surface area (Å²) >= 11 is 6.66. The highest BCUT2D eigenvalue weighted by Gasteiger charge is 2.09. The first-order chi connectivity index (χ1) is 9.20. The Kier molecular flexibility index (Phi) is 2.93. The molecule has 0 saturated heterocycles. The maximum Gasteiger partial charge on any atom is 0.267 e. The molecule has 3 rings (SSSR count). The summed E-state index contributed by atoms with van der Waals surface area (Å²) in [7, 11) is 0. The van der Waals surface area contributed by atoms with Gasteiger partial charge in [0.2, 0.25) is 0 Å². The Morgan fingerprint density at radius 1 is 1.32 bits per heavy atom. The topological polar surface area (TPSA) is 37.8 Å². The number of H-pyrrole nitrogens is 1. The number of fused-ring (bicyclic) bond motifs is 1. The maximum absolute atomic E-state index is 12.2. The molecule has 2 aromatic heterocycles. The molecule has 19 heavy (non-hydrogen) atoms. The first-order valence-corrected chi connectivity index (χ1v) is 6.89. The molecule has 0 unspecified atom stereocenters. The van der Waals surface area contributed by atoms with Crippen molar-refractivity contribution >= 4 is 40.0 Å². The van der Waals surface area contributed by atoms with E-state index in [1.807, 2.05) is 36.4 Å². The molecule has 5 heteroatoms. The number of nitrogens with one attached hydrogen (secondary N) is 1. The molecule has 0 bridgehead atoms. The third-order valence-electron chi connectivity index (χ3n) is 2.86. The lowest BCUT2D eigenvalue weighted by atomic mass is 10.2. The van der Waals surface area contributed by atoms with Crippen molar-refractivity contribution in [1.29, 1.82) is 0 Å². The van der Waals surface area contributed by atoms with Crippen LogP contribution in [0.4, 0.5) is 0 Å². The van der Waals surface area contributed by atoms with Gasteiger partial charge in [-0.15, -0.1) is 11.3 Å². The summed E-state index contributed by atoms with van der Waals surface area (Å²) in [4.78, 5) is 17.1. The van der Waals surface area contributed by atoms with E-state index < -0.39 is 0 Å². The van der Waals surface area contributed by atoms with Crippen molar-refractivity contribution in [3.8, 4) is 10.4 Å². The molecule has 1 N–H and O–H groups in total. The van der Waals surface area contributed by atoms with E-state index in [0.717, 1.165) is 15.3 Å². The van der Waals surface area contributed by atoms with Gasteiger partial charge in [0.05, 0.1) is 5.39 Å². The van der Waals surface area contributed by atoms with Crippen molar-refractivity contribution < 1.29 is 0 Å². The van der Waals surface area contributed by atoms with Gasteiger partial charge in [0.1, 0.15) is 4.83 Å². The largest absolute Gasteiger partial charge is 0.323 e. The fourth-order valence-corrected chi connectivity index (χ4v) is 3.31. The van der Waals surface area contributed by atoms with Gasteiger partial charge >= 0.3 is 0 Å². The zero-order chi connectivity index (χ0) is 13.4. The highest BCUT2D eigenvalue weighted by molar-refractivity contribution is 7.71. The van der Waals surface area contributed by atoms with Gasteiger partial charge in [-0.05, 0) is 23.8 Å². The van der Waals surface area contributed by atoms with Crippen molar-refractivity contribution in [2.45, 2.75) is 0 Å².